The number of aliphatic carboxylic acids is 1. The zero-order valence-corrected chi connectivity index (χ0v) is 17.5. The van der Waals surface area contributed by atoms with Crippen molar-refractivity contribution in [3.8, 4) is 0 Å². The fourth-order valence-corrected chi connectivity index (χ4v) is 4.00. The molecule has 2 aromatic rings. The van der Waals surface area contributed by atoms with E-state index >= 15 is 0 Å². The molecular weight excluding hydrogens is 420 g/mol. The number of nitrogens with two attached hydrogens (primary N) is 1. The molecule has 1 aliphatic rings. The molecule has 1 atom stereocenters. The van der Waals surface area contributed by atoms with Crippen molar-refractivity contribution >= 4 is 54.2 Å². The minimum Gasteiger partial charge on any atom is -0.480 e. The number of unbranched alkanes of at least 4 members (excludes halogenated alkanes) is 1. The Balaban J connectivity index is 0.00000300. The SMILES string of the molecule is Cl.NC(CCCCB(O)O)(C(=O)O)C1CCN(c2nc3ccc(Cl)cc3o2)CC1. The number of nitrogens with zero attached hydrogens (tertiary/aromatic N) is 2. The van der Waals surface area contributed by atoms with Gasteiger partial charge in [0.15, 0.2) is 5.58 Å². The third kappa shape index (κ3) is 5.55. The number of hydrogen-bond donors (Lipinski definition) is 4. The van der Waals surface area contributed by atoms with Crippen molar-refractivity contribution in [2.24, 2.45) is 11.7 Å². The molecule has 1 aromatic heterocycles. The van der Waals surface area contributed by atoms with Crippen LogP contribution in [-0.4, -0.2) is 51.9 Å². The maximum Gasteiger partial charge on any atom is 0.451 e. The highest BCUT2D eigenvalue weighted by Gasteiger charge is 2.43. The lowest BCUT2D eigenvalue weighted by Crippen LogP contribution is -2.57. The summed E-state index contributed by atoms with van der Waals surface area (Å²) in [6.07, 6.45) is 2.81. The number of aromatic nitrogens is 1. The second kappa shape index (κ2) is 10.00. The number of carboxylic acid groups (broad SMARTS) is 1. The van der Waals surface area contributed by atoms with Crippen LogP contribution < -0.4 is 10.6 Å². The van der Waals surface area contributed by atoms with Crippen LogP contribution in [0, 0.1) is 5.92 Å². The molecule has 1 saturated heterocycles. The van der Waals surface area contributed by atoms with Gasteiger partial charge in [-0.3, -0.25) is 4.79 Å². The minimum atomic E-state index is -1.37. The van der Waals surface area contributed by atoms with Crippen LogP contribution in [0.15, 0.2) is 22.6 Å². The molecular formula is C18H26BCl2N3O5. The molecule has 1 unspecified atom stereocenters. The van der Waals surface area contributed by atoms with Crippen LogP contribution in [0.2, 0.25) is 11.3 Å². The van der Waals surface area contributed by atoms with E-state index in [4.69, 9.17) is 31.8 Å². The maximum absolute atomic E-state index is 11.9. The average molecular weight is 446 g/mol. The van der Waals surface area contributed by atoms with E-state index in [0.717, 1.165) is 5.52 Å². The monoisotopic (exact) mass is 445 g/mol. The van der Waals surface area contributed by atoms with Crippen LogP contribution in [0.4, 0.5) is 6.01 Å². The number of piperidine rings is 1. The van der Waals surface area contributed by atoms with Crippen LogP contribution in [0.5, 0.6) is 0 Å². The number of halogens is 2. The van der Waals surface area contributed by atoms with Gasteiger partial charge >= 0.3 is 13.1 Å². The number of oxazole rings is 1. The highest BCUT2D eigenvalue weighted by atomic mass is 35.5. The van der Waals surface area contributed by atoms with Gasteiger partial charge in [0.25, 0.3) is 6.01 Å². The van der Waals surface area contributed by atoms with Crippen LogP contribution in [-0.2, 0) is 4.79 Å². The van der Waals surface area contributed by atoms with Crippen molar-refractivity contribution < 1.29 is 24.4 Å². The Morgan fingerprint density at radius 1 is 1.34 bits per heavy atom. The van der Waals surface area contributed by atoms with E-state index in [9.17, 15) is 9.90 Å². The molecule has 0 saturated carbocycles. The van der Waals surface area contributed by atoms with Crippen LogP contribution in [0.1, 0.15) is 32.1 Å². The summed E-state index contributed by atoms with van der Waals surface area (Å²) in [6.45, 7) is 1.21. The molecule has 29 heavy (non-hydrogen) atoms. The van der Waals surface area contributed by atoms with Gasteiger partial charge in [0.05, 0.1) is 0 Å². The first-order valence-corrected chi connectivity index (χ1v) is 9.87. The smallest absolute Gasteiger partial charge is 0.451 e. The molecule has 1 aromatic carbocycles. The van der Waals surface area contributed by atoms with Gasteiger partial charge in [-0.15, -0.1) is 12.4 Å². The van der Waals surface area contributed by atoms with Gasteiger partial charge in [-0.25, -0.2) is 0 Å². The minimum absolute atomic E-state index is 0. The van der Waals surface area contributed by atoms with Gasteiger partial charge < -0.3 is 30.2 Å². The first-order valence-electron chi connectivity index (χ1n) is 9.49. The van der Waals surface area contributed by atoms with E-state index in [1.165, 1.54) is 0 Å². The van der Waals surface area contributed by atoms with Gasteiger partial charge in [-0.2, -0.15) is 4.98 Å². The Kier molecular flexibility index (Phi) is 8.19. The zero-order valence-electron chi connectivity index (χ0n) is 16.0. The van der Waals surface area contributed by atoms with Crippen LogP contribution >= 0.6 is 24.0 Å². The maximum atomic E-state index is 11.9. The van der Waals surface area contributed by atoms with Crippen molar-refractivity contribution in [3.63, 3.8) is 0 Å². The molecule has 1 aliphatic heterocycles. The molecule has 0 amide bonds. The average Bonchev–Trinajstić information content (AvgIpc) is 3.08. The molecule has 3 rings (SSSR count). The van der Waals surface area contributed by atoms with Crippen molar-refractivity contribution in [2.45, 2.75) is 44.0 Å². The fraction of sp³-hybridized carbons (Fsp3) is 0.556. The van der Waals surface area contributed by atoms with E-state index in [0.29, 0.717) is 61.8 Å². The third-order valence-electron chi connectivity index (χ3n) is 5.53. The molecule has 0 spiro atoms. The first kappa shape index (κ1) is 23.8. The Bertz CT molecular complexity index is 829. The largest absolute Gasteiger partial charge is 0.480 e. The normalized spacial score (nSPS) is 17.0. The molecule has 0 bridgehead atoms. The highest BCUT2D eigenvalue weighted by Crippen LogP contribution is 2.34. The number of benzene rings is 1. The molecule has 160 valence electrons. The standard InChI is InChI=1S/C18H25BClN3O5.ClH/c20-13-3-4-14-15(11-13)28-17(22-14)23-9-5-12(6-10-23)18(21,16(24)25)7-1-2-8-19(26)27;/h3-4,11-12,26-27H,1-2,5-10,21H2,(H,24,25);1H. The summed E-state index contributed by atoms with van der Waals surface area (Å²) in [5.74, 6) is -1.17. The van der Waals surface area contributed by atoms with Crippen LogP contribution in [0.25, 0.3) is 11.1 Å². The number of fused-ring (bicyclic) bond motifs is 1. The predicted molar refractivity (Wildman–Crippen MR) is 115 cm³/mol. The van der Waals surface area contributed by atoms with Crippen molar-refractivity contribution in [3.05, 3.63) is 23.2 Å². The molecule has 0 radical (unpaired) electrons. The summed E-state index contributed by atoms with van der Waals surface area (Å²) in [5.41, 5.74) is 6.33. The zero-order chi connectivity index (χ0) is 20.3. The summed E-state index contributed by atoms with van der Waals surface area (Å²) in [7, 11) is -1.37. The second-order valence-electron chi connectivity index (χ2n) is 7.44. The molecule has 1 fully saturated rings. The van der Waals surface area contributed by atoms with Gasteiger partial charge in [-0.05, 0) is 43.6 Å². The molecule has 2 heterocycles. The van der Waals surface area contributed by atoms with E-state index < -0.39 is 18.6 Å². The van der Waals surface area contributed by atoms with Gasteiger partial charge in [0.1, 0.15) is 11.1 Å². The van der Waals surface area contributed by atoms with Gasteiger partial charge in [0, 0.05) is 24.2 Å². The van der Waals surface area contributed by atoms with Gasteiger partial charge in [0.2, 0.25) is 0 Å². The summed E-state index contributed by atoms with van der Waals surface area (Å²) >= 11 is 5.98. The quantitative estimate of drug-likeness (QED) is 0.359. The second-order valence-corrected chi connectivity index (χ2v) is 7.88. The number of carbonyl (C=O) groups is 1. The Hall–Kier alpha value is -1.52. The molecule has 0 aliphatic carbocycles. The van der Waals surface area contributed by atoms with Crippen molar-refractivity contribution in [2.75, 3.05) is 18.0 Å². The fourth-order valence-electron chi connectivity index (χ4n) is 3.84. The molecule has 5 N–H and O–H groups in total. The molecule has 8 nitrogen and oxygen atoms in total. The van der Waals surface area contributed by atoms with Gasteiger partial charge in [-0.1, -0.05) is 24.4 Å². The van der Waals surface area contributed by atoms with Crippen molar-refractivity contribution in [1.29, 1.82) is 0 Å². The summed E-state index contributed by atoms with van der Waals surface area (Å²) in [6, 6.07) is 5.79. The van der Waals surface area contributed by atoms with E-state index in [1.807, 2.05) is 4.90 Å². The summed E-state index contributed by atoms with van der Waals surface area (Å²) in [5, 5.41) is 28.1. The lowest BCUT2D eigenvalue weighted by molar-refractivity contribution is -0.146. The lowest BCUT2D eigenvalue weighted by atomic mass is 9.74. The van der Waals surface area contributed by atoms with Crippen molar-refractivity contribution in [1.82, 2.24) is 4.98 Å². The van der Waals surface area contributed by atoms with Crippen LogP contribution in [0.3, 0.4) is 0 Å². The Morgan fingerprint density at radius 2 is 2.03 bits per heavy atom. The van der Waals surface area contributed by atoms with E-state index in [1.54, 1.807) is 18.2 Å². The topological polar surface area (TPSA) is 133 Å². The number of hydrogen-bond acceptors (Lipinski definition) is 7. The Morgan fingerprint density at radius 3 is 2.66 bits per heavy atom. The summed E-state index contributed by atoms with van der Waals surface area (Å²) in [4.78, 5) is 18.3. The predicted octanol–water partition coefficient (Wildman–Crippen LogP) is 2.54. The Labute approximate surface area is 180 Å². The number of carboxylic acids is 1. The molecule has 11 heteroatoms. The third-order valence-corrected chi connectivity index (χ3v) is 5.77. The number of rotatable bonds is 8. The number of anilines is 1. The van der Waals surface area contributed by atoms with E-state index in [2.05, 4.69) is 4.98 Å². The lowest BCUT2D eigenvalue weighted by Gasteiger charge is -2.39. The van der Waals surface area contributed by atoms with E-state index in [-0.39, 0.29) is 24.6 Å². The highest BCUT2D eigenvalue weighted by molar-refractivity contribution is 6.40. The first-order chi connectivity index (χ1) is 13.3. The summed E-state index contributed by atoms with van der Waals surface area (Å²) < 4.78 is 5.79.